The summed E-state index contributed by atoms with van der Waals surface area (Å²) in [6.45, 7) is 1.33. The topological polar surface area (TPSA) is 147 Å². The van der Waals surface area contributed by atoms with Crippen molar-refractivity contribution in [3.05, 3.63) is 22.4 Å². The number of aromatic nitrogens is 3. The molecule has 6 N–H and O–H groups in total. The number of H-pyrrole nitrogens is 1. The van der Waals surface area contributed by atoms with Crippen molar-refractivity contribution in [3.63, 3.8) is 0 Å². The molecular formula is C14H14ClFN4O5. The standard InChI is InChI=1S/C14H14ClFN4O5/c1-5(21)8-9(22)14(24,2-3-15)12(25-8)20-4-6(16)7-10(20)18-13(17)19-11(7)23/h4-5,8-9,12,21-22,24H,1H3,(H3,17,18,19,23). The molecule has 0 aromatic carbocycles. The van der Waals surface area contributed by atoms with Crippen molar-refractivity contribution in [2.45, 2.75) is 37.1 Å². The second kappa shape index (κ2) is 5.98. The summed E-state index contributed by atoms with van der Waals surface area (Å²) in [5, 5.41) is 32.4. The van der Waals surface area contributed by atoms with Gasteiger partial charge in [-0.25, -0.2) is 4.39 Å². The van der Waals surface area contributed by atoms with Crippen LogP contribution in [0.15, 0.2) is 11.0 Å². The summed E-state index contributed by atoms with van der Waals surface area (Å²) in [6.07, 6.45) is -4.74. The highest BCUT2D eigenvalue weighted by molar-refractivity contribution is 6.30. The maximum atomic E-state index is 14.2. The van der Waals surface area contributed by atoms with E-state index in [2.05, 4.69) is 15.9 Å². The maximum Gasteiger partial charge on any atom is 0.264 e. The minimum absolute atomic E-state index is 0.225. The summed E-state index contributed by atoms with van der Waals surface area (Å²) in [7, 11) is 0. The minimum Gasteiger partial charge on any atom is -0.391 e. The summed E-state index contributed by atoms with van der Waals surface area (Å²) in [5.41, 5.74) is 2.15. The Kier molecular flexibility index (Phi) is 4.22. The van der Waals surface area contributed by atoms with Crippen LogP contribution in [0.3, 0.4) is 0 Å². The summed E-state index contributed by atoms with van der Waals surface area (Å²) in [5.74, 6) is 0.980. The average molecular weight is 373 g/mol. The van der Waals surface area contributed by atoms with E-state index in [9.17, 15) is 24.5 Å². The molecule has 3 rings (SSSR count). The quantitative estimate of drug-likeness (QED) is 0.425. The van der Waals surface area contributed by atoms with Crippen LogP contribution in [0, 0.1) is 17.1 Å². The van der Waals surface area contributed by atoms with Gasteiger partial charge in [-0.2, -0.15) is 4.98 Å². The maximum absolute atomic E-state index is 14.2. The lowest BCUT2D eigenvalue weighted by Crippen LogP contribution is -2.47. The Morgan fingerprint density at radius 3 is 2.92 bits per heavy atom. The van der Waals surface area contributed by atoms with Gasteiger partial charge < -0.3 is 25.8 Å². The molecule has 134 valence electrons. The molecule has 0 radical (unpaired) electrons. The summed E-state index contributed by atoms with van der Waals surface area (Å²) in [6, 6.07) is 0. The van der Waals surface area contributed by atoms with Gasteiger partial charge in [-0.15, -0.1) is 0 Å². The largest absolute Gasteiger partial charge is 0.391 e. The number of hydrogen-bond acceptors (Lipinski definition) is 7. The van der Waals surface area contributed by atoms with Crippen molar-refractivity contribution < 1.29 is 24.4 Å². The van der Waals surface area contributed by atoms with Crippen LogP contribution in [0.25, 0.3) is 11.0 Å². The molecule has 2 aromatic rings. The van der Waals surface area contributed by atoms with Gasteiger partial charge in [-0.05, 0) is 24.4 Å². The first kappa shape index (κ1) is 17.7. The molecule has 9 nitrogen and oxygen atoms in total. The normalized spacial score (nSPS) is 30.2. The van der Waals surface area contributed by atoms with Crippen LogP contribution < -0.4 is 11.3 Å². The summed E-state index contributed by atoms with van der Waals surface area (Å²) >= 11 is 5.37. The first-order valence-electron chi connectivity index (χ1n) is 7.13. The number of aliphatic hydroxyl groups is 3. The molecule has 1 aliphatic heterocycles. The number of nitrogens with two attached hydrogens (primary N) is 1. The van der Waals surface area contributed by atoms with Crippen LogP contribution in [0.4, 0.5) is 10.3 Å². The fourth-order valence-electron chi connectivity index (χ4n) is 2.90. The van der Waals surface area contributed by atoms with Crippen molar-refractivity contribution in [2.75, 3.05) is 5.73 Å². The number of fused-ring (bicyclic) bond motifs is 1. The zero-order chi connectivity index (χ0) is 18.5. The van der Waals surface area contributed by atoms with Crippen LogP contribution in [-0.4, -0.2) is 53.8 Å². The number of nitrogens with zero attached hydrogens (tertiary/aromatic N) is 2. The second-order valence-electron chi connectivity index (χ2n) is 5.72. The molecule has 0 aliphatic carbocycles. The number of aromatic amines is 1. The van der Waals surface area contributed by atoms with Gasteiger partial charge in [0, 0.05) is 11.6 Å². The molecule has 25 heavy (non-hydrogen) atoms. The third-order valence-electron chi connectivity index (χ3n) is 4.05. The fourth-order valence-corrected chi connectivity index (χ4v) is 3.05. The van der Waals surface area contributed by atoms with Gasteiger partial charge in [0.15, 0.2) is 17.7 Å². The van der Waals surface area contributed by atoms with E-state index in [1.165, 1.54) is 6.92 Å². The van der Waals surface area contributed by atoms with E-state index in [1.807, 2.05) is 5.38 Å². The Morgan fingerprint density at radius 1 is 1.64 bits per heavy atom. The first-order chi connectivity index (χ1) is 11.7. The molecule has 0 bridgehead atoms. The molecule has 5 unspecified atom stereocenters. The zero-order valence-electron chi connectivity index (χ0n) is 12.8. The summed E-state index contributed by atoms with van der Waals surface area (Å²) < 4.78 is 20.7. The summed E-state index contributed by atoms with van der Waals surface area (Å²) in [4.78, 5) is 17.9. The fraction of sp³-hybridized carbons (Fsp3) is 0.429. The molecule has 11 heteroatoms. The van der Waals surface area contributed by atoms with Gasteiger partial charge >= 0.3 is 0 Å². The van der Waals surface area contributed by atoms with Gasteiger partial charge in [0.25, 0.3) is 5.56 Å². The van der Waals surface area contributed by atoms with E-state index in [4.69, 9.17) is 22.1 Å². The second-order valence-corrected chi connectivity index (χ2v) is 5.91. The third kappa shape index (κ3) is 2.57. The first-order valence-corrected chi connectivity index (χ1v) is 7.51. The van der Waals surface area contributed by atoms with E-state index < -0.39 is 46.9 Å². The number of aliphatic hydroxyl groups excluding tert-OH is 2. The number of rotatable bonds is 2. The molecule has 3 heterocycles. The van der Waals surface area contributed by atoms with E-state index in [1.54, 1.807) is 0 Å². The molecule has 0 saturated carbocycles. The highest BCUT2D eigenvalue weighted by Gasteiger charge is 2.57. The van der Waals surface area contributed by atoms with Crippen molar-refractivity contribution >= 4 is 28.6 Å². The lowest BCUT2D eigenvalue weighted by Gasteiger charge is -2.26. The van der Waals surface area contributed by atoms with Crippen LogP contribution in [-0.2, 0) is 4.74 Å². The van der Waals surface area contributed by atoms with Gasteiger partial charge in [-0.3, -0.25) is 14.3 Å². The number of hydrogen-bond donors (Lipinski definition) is 5. The smallest absolute Gasteiger partial charge is 0.264 e. The van der Waals surface area contributed by atoms with Crippen LogP contribution in [0.1, 0.15) is 13.2 Å². The Hall–Kier alpha value is -2.16. The van der Waals surface area contributed by atoms with Crippen LogP contribution in [0.2, 0.25) is 0 Å². The predicted molar refractivity (Wildman–Crippen MR) is 84.9 cm³/mol. The Morgan fingerprint density at radius 2 is 2.32 bits per heavy atom. The average Bonchev–Trinajstić information content (AvgIpc) is 2.96. The molecule has 2 aromatic heterocycles. The van der Waals surface area contributed by atoms with E-state index in [0.29, 0.717) is 0 Å². The monoisotopic (exact) mass is 372 g/mol. The molecule has 0 amide bonds. The third-order valence-corrected chi connectivity index (χ3v) is 4.15. The molecule has 5 atom stereocenters. The van der Waals surface area contributed by atoms with Gasteiger partial charge in [0.05, 0.1) is 6.10 Å². The molecular weight excluding hydrogens is 359 g/mol. The van der Waals surface area contributed by atoms with E-state index in [-0.39, 0.29) is 11.6 Å². The minimum atomic E-state index is -2.29. The lowest BCUT2D eigenvalue weighted by atomic mass is 9.93. The Labute approximate surface area is 144 Å². The van der Waals surface area contributed by atoms with Gasteiger partial charge in [-0.1, -0.05) is 0 Å². The zero-order valence-corrected chi connectivity index (χ0v) is 13.5. The van der Waals surface area contributed by atoms with Crippen molar-refractivity contribution in [2.24, 2.45) is 0 Å². The van der Waals surface area contributed by atoms with Crippen LogP contribution in [0.5, 0.6) is 0 Å². The van der Waals surface area contributed by atoms with Gasteiger partial charge in [0.2, 0.25) is 11.5 Å². The lowest BCUT2D eigenvalue weighted by molar-refractivity contribution is -0.0846. The highest BCUT2D eigenvalue weighted by atomic mass is 35.5. The van der Waals surface area contributed by atoms with Crippen molar-refractivity contribution in [1.82, 2.24) is 14.5 Å². The molecule has 1 saturated heterocycles. The number of halogens is 2. The Balaban J connectivity index is 2.25. The number of ether oxygens (including phenoxy) is 1. The molecule has 1 aliphatic rings. The predicted octanol–water partition coefficient (Wildman–Crippen LogP) is -0.984. The van der Waals surface area contributed by atoms with E-state index >= 15 is 0 Å². The number of nitrogens with one attached hydrogen (secondary N) is 1. The van der Waals surface area contributed by atoms with Crippen molar-refractivity contribution in [3.8, 4) is 11.3 Å². The van der Waals surface area contributed by atoms with Gasteiger partial charge in [0.1, 0.15) is 17.6 Å². The molecule has 1 fully saturated rings. The Bertz CT molecular complexity index is 948. The SMILES string of the molecule is CC(O)C1OC(n2cc(F)c3c(=O)[nH]c(N)nc32)C(O)(C#CCl)C1O. The highest BCUT2D eigenvalue weighted by Crippen LogP contribution is 2.41. The van der Waals surface area contributed by atoms with Crippen LogP contribution >= 0.6 is 11.6 Å². The number of anilines is 1. The number of nitrogen functional groups attached to an aromatic ring is 1. The molecule has 0 spiro atoms. The van der Waals surface area contributed by atoms with Crippen molar-refractivity contribution in [1.29, 1.82) is 0 Å². The van der Waals surface area contributed by atoms with E-state index in [0.717, 1.165) is 10.8 Å².